The molecule has 0 saturated carbocycles. The molecule has 0 unspecified atom stereocenters. The Morgan fingerprint density at radius 1 is 1.08 bits per heavy atom. The maximum absolute atomic E-state index is 11.7. The molecular weight excluding hydrogens is 422 g/mol. The first-order valence-corrected chi connectivity index (χ1v) is 8.77. The van der Waals surface area contributed by atoms with E-state index < -0.39 is 0 Å². The lowest BCUT2D eigenvalue weighted by Gasteiger charge is -2.11. The summed E-state index contributed by atoms with van der Waals surface area (Å²) in [6.45, 7) is 1.30. The highest BCUT2D eigenvalue weighted by atomic mass is 35.5. The molecule has 5 nitrogen and oxygen atoms in total. The molecule has 26 heavy (non-hydrogen) atoms. The fourth-order valence-corrected chi connectivity index (χ4v) is 3.03. The third-order valence-corrected chi connectivity index (χ3v) is 4.73. The van der Waals surface area contributed by atoms with Gasteiger partial charge in [-0.1, -0.05) is 46.4 Å². The van der Waals surface area contributed by atoms with E-state index in [-0.39, 0.29) is 40.0 Å². The quantitative estimate of drug-likeness (QED) is 0.454. The van der Waals surface area contributed by atoms with Crippen LogP contribution in [-0.4, -0.2) is 16.0 Å². The van der Waals surface area contributed by atoms with Crippen molar-refractivity contribution in [2.24, 2.45) is 0 Å². The van der Waals surface area contributed by atoms with E-state index in [0.717, 1.165) is 0 Å². The van der Waals surface area contributed by atoms with Crippen molar-refractivity contribution >= 4 is 52.2 Å². The second-order valence-electron chi connectivity index (χ2n) is 5.21. The number of aromatic nitrogens is 2. The zero-order valence-electron chi connectivity index (χ0n) is 13.2. The van der Waals surface area contributed by atoms with Crippen LogP contribution in [0.1, 0.15) is 23.2 Å². The smallest absolute Gasteiger partial charge is 0.254 e. The molecule has 0 atom stereocenters. The van der Waals surface area contributed by atoms with Crippen molar-refractivity contribution < 1.29 is 13.9 Å². The van der Waals surface area contributed by atoms with Gasteiger partial charge < -0.3 is 9.15 Å². The average Bonchev–Trinajstić information content (AvgIpc) is 3.04. The first-order chi connectivity index (χ1) is 12.4. The minimum Gasteiger partial charge on any atom is -0.481 e. The molecule has 9 heteroatoms. The van der Waals surface area contributed by atoms with Gasteiger partial charge in [0.2, 0.25) is 5.89 Å². The van der Waals surface area contributed by atoms with Gasteiger partial charge in [-0.25, -0.2) is 0 Å². The summed E-state index contributed by atoms with van der Waals surface area (Å²) in [4.78, 5) is 11.7. The third-order valence-electron chi connectivity index (χ3n) is 3.40. The minimum absolute atomic E-state index is 0.0987. The van der Waals surface area contributed by atoms with Gasteiger partial charge in [0.1, 0.15) is 5.02 Å². The van der Waals surface area contributed by atoms with E-state index in [1.165, 1.54) is 13.0 Å². The van der Waals surface area contributed by atoms with Crippen molar-refractivity contribution in [3.8, 4) is 17.2 Å². The van der Waals surface area contributed by atoms with Gasteiger partial charge in [0.25, 0.3) is 5.89 Å². The maximum atomic E-state index is 11.7. The van der Waals surface area contributed by atoms with Crippen molar-refractivity contribution in [3.05, 3.63) is 61.9 Å². The second-order valence-corrected chi connectivity index (χ2v) is 6.84. The molecule has 2 aromatic carbocycles. The summed E-state index contributed by atoms with van der Waals surface area (Å²) in [6.07, 6.45) is 0. The lowest BCUT2D eigenvalue weighted by Crippen LogP contribution is -2.03. The summed E-state index contributed by atoms with van der Waals surface area (Å²) >= 11 is 24.1. The molecule has 0 radical (unpaired) electrons. The number of carbonyl (C=O) groups excluding carboxylic acids is 1. The molecule has 0 bridgehead atoms. The van der Waals surface area contributed by atoms with Crippen molar-refractivity contribution in [2.75, 3.05) is 0 Å². The van der Waals surface area contributed by atoms with Crippen LogP contribution in [0.5, 0.6) is 5.75 Å². The van der Waals surface area contributed by atoms with Crippen molar-refractivity contribution in [2.45, 2.75) is 13.5 Å². The Hall–Kier alpha value is -1.79. The summed E-state index contributed by atoms with van der Waals surface area (Å²) in [6, 6.07) is 7.97. The number of ketones is 1. The van der Waals surface area contributed by atoms with E-state index in [1.807, 2.05) is 0 Å². The molecule has 0 aliphatic heterocycles. The van der Waals surface area contributed by atoms with Crippen molar-refractivity contribution in [1.82, 2.24) is 10.2 Å². The third kappa shape index (κ3) is 3.96. The van der Waals surface area contributed by atoms with Crippen LogP contribution in [-0.2, 0) is 6.61 Å². The summed E-state index contributed by atoms with van der Waals surface area (Å²) in [5.74, 6) is 0.347. The summed E-state index contributed by atoms with van der Waals surface area (Å²) in [7, 11) is 0. The van der Waals surface area contributed by atoms with Gasteiger partial charge in [0.15, 0.2) is 18.1 Å². The molecule has 1 heterocycles. The molecular formula is C17H10Cl4N2O3. The number of nitrogens with zero attached hydrogens (tertiary/aromatic N) is 2. The highest BCUT2D eigenvalue weighted by Gasteiger charge is 2.18. The molecule has 0 spiro atoms. The Bertz CT molecular complexity index is 988. The first kappa shape index (κ1) is 19.0. The van der Waals surface area contributed by atoms with Crippen LogP contribution in [0.2, 0.25) is 20.1 Å². The van der Waals surface area contributed by atoms with Gasteiger partial charge in [0.05, 0.1) is 21.2 Å². The zero-order valence-corrected chi connectivity index (χ0v) is 16.2. The summed E-state index contributed by atoms with van der Waals surface area (Å²) in [5, 5.41) is 9.12. The highest BCUT2D eigenvalue weighted by Crippen LogP contribution is 2.36. The number of rotatable bonds is 5. The van der Waals surface area contributed by atoms with E-state index >= 15 is 0 Å². The van der Waals surface area contributed by atoms with E-state index in [9.17, 15) is 4.79 Å². The Morgan fingerprint density at radius 2 is 1.85 bits per heavy atom. The molecule has 134 valence electrons. The fraction of sp³-hybridized carbons (Fsp3) is 0.118. The number of benzene rings is 2. The lowest BCUT2D eigenvalue weighted by atomic mass is 10.1. The van der Waals surface area contributed by atoms with E-state index in [2.05, 4.69) is 10.2 Å². The Morgan fingerprint density at radius 3 is 2.54 bits per heavy atom. The fourth-order valence-electron chi connectivity index (χ4n) is 2.17. The van der Waals surface area contributed by atoms with Crippen LogP contribution in [0, 0.1) is 0 Å². The molecule has 3 aromatic rings. The number of ether oxygens (including phenoxy) is 1. The highest BCUT2D eigenvalue weighted by molar-refractivity contribution is 6.43. The predicted molar refractivity (Wildman–Crippen MR) is 101 cm³/mol. The topological polar surface area (TPSA) is 65.2 Å². The summed E-state index contributed by atoms with van der Waals surface area (Å²) < 4.78 is 11.2. The number of Topliss-reactive ketones (excluding diaryl/α,β-unsaturated/α-hetero) is 1. The molecule has 0 N–H and O–H groups in total. The molecule has 0 saturated heterocycles. The molecule has 0 aliphatic carbocycles. The van der Waals surface area contributed by atoms with Crippen LogP contribution in [0.3, 0.4) is 0 Å². The number of halogens is 4. The van der Waals surface area contributed by atoms with Gasteiger partial charge in [-0.15, -0.1) is 10.2 Å². The normalized spacial score (nSPS) is 10.8. The second kappa shape index (κ2) is 7.84. The van der Waals surface area contributed by atoms with Crippen LogP contribution in [0.25, 0.3) is 11.5 Å². The van der Waals surface area contributed by atoms with Crippen LogP contribution in [0.15, 0.2) is 34.7 Å². The first-order valence-electron chi connectivity index (χ1n) is 7.26. The molecule has 0 amide bonds. The van der Waals surface area contributed by atoms with Crippen molar-refractivity contribution in [1.29, 1.82) is 0 Å². The van der Waals surface area contributed by atoms with Gasteiger partial charge in [0, 0.05) is 5.02 Å². The van der Waals surface area contributed by atoms with Gasteiger partial charge in [-0.05, 0) is 37.3 Å². The van der Waals surface area contributed by atoms with Crippen LogP contribution < -0.4 is 4.74 Å². The SMILES string of the molecule is CC(=O)c1ccc(Cl)c(Cl)c1OCc1nnc(-c2ccc(Cl)cc2Cl)o1. The van der Waals surface area contributed by atoms with E-state index in [4.69, 9.17) is 55.6 Å². The Balaban J connectivity index is 1.83. The average molecular weight is 432 g/mol. The largest absolute Gasteiger partial charge is 0.481 e. The maximum Gasteiger partial charge on any atom is 0.254 e. The van der Waals surface area contributed by atoms with Crippen molar-refractivity contribution in [3.63, 3.8) is 0 Å². The van der Waals surface area contributed by atoms with E-state index in [1.54, 1.807) is 24.3 Å². The Kier molecular flexibility index (Phi) is 5.73. The number of hydrogen-bond acceptors (Lipinski definition) is 5. The van der Waals surface area contributed by atoms with Gasteiger partial charge >= 0.3 is 0 Å². The van der Waals surface area contributed by atoms with Crippen LogP contribution in [0.4, 0.5) is 0 Å². The number of carbonyl (C=O) groups is 1. The molecule has 0 fully saturated rings. The minimum atomic E-state index is -0.210. The lowest BCUT2D eigenvalue weighted by molar-refractivity contribution is 0.101. The van der Waals surface area contributed by atoms with Gasteiger partial charge in [-0.3, -0.25) is 4.79 Å². The zero-order chi connectivity index (χ0) is 18.8. The predicted octanol–water partition coefficient (Wildman–Crippen LogP) is 6.13. The molecule has 1 aromatic heterocycles. The molecule has 0 aliphatic rings. The Labute approximate surface area is 168 Å². The summed E-state index contributed by atoms with van der Waals surface area (Å²) in [5.41, 5.74) is 0.847. The van der Waals surface area contributed by atoms with Crippen LogP contribution >= 0.6 is 46.4 Å². The molecule has 3 rings (SSSR count). The van der Waals surface area contributed by atoms with E-state index in [0.29, 0.717) is 21.2 Å². The standard InChI is InChI=1S/C17H10Cl4N2O3/c1-8(24)10-4-5-12(19)15(21)16(10)25-7-14-22-23-17(26-14)11-3-2-9(18)6-13(11)20/h2-6H,7H2,1H3. The van der Waals surface area contributed by atoms with Gasteiger partial charge in [-0.2, -0.15) is 0 Å². The number of hydrogen-bond donors (Lipinski definition) is 0. The monoisotopic (exact) mass is 430 g/mol.